The molecule has 2 unspecified atom stereocenters. The number of rotatable bonds is 3. The fraction of sp³-hybridized carbons (Fsp3) is 0.643. The Labute approximate surface area is 104 Å². The lowest BCUT2D eigenvalue weighted by Gasteiger charge is -2.37. The van der Waals surface area contributed by atoms with Crippen LogP contribution < -0.4 is 5.73 Å². The first-order valence-electron chi connectivity index (χ1n) is 6.58. The van der Waals surface area contributed by atoms with E-state index in [4.69, 9.17) is 5.73 Å². The second-order valence-corrected chi connectivity index (χ2v) is 5.19. The van der Waals surface area contributed by atoms with E-state index in [2.05, 4.69) is 35.9 Å². The van der Waals surface area contributed by atoms with Gasteiger partial charge in [0.15, 0.2) is 0 Å². The molecule has 0 radical (unpaired) electrons. The van der Waals surface area contributed by atoms with Gasteiger partial charge in [0.2, 0.25) is 0 Å². The van der Waals surface area contributed by atoms with Gasteiger partial charge in [0.1, 0.15) is 0 Å². The average Bonchev–Trinajstić information content (AvgIpc) is 2.36. The summed E-state index contributed by atoms with van der Waals surface area (Å²) in [5.41, 5.74) is 7.84. The minimum Gasteiger partial charge on any atom is -0.326 e. The molecule has 1 aliphatic rings. The molecule has 1 fully saturated rings. The summed E-state index contributed by atoms with van der Waals surface area (Å²) in [5, 5.41) is 0. The molecule has 0 amide bonds. The highest BCUT2D eigenvalue weighted by Crippen LogP contribution is 2.23. The second-order valence-electron chi connectivity index (χ2n) is 5.19. The zero-order valence-corrected chi connectivity index (χ0v) is 10.9. The summed E-state index contributed by atoms with van der Waals surface area (Å²) in [4.78, 5) is 7.02. The largest absolute Gasteiger partial charge is 0.326 e. The van der Waals surface area contributed by atoms with Gasteiger partial charge in [-0.25, -0.2) is 0 Å². The van der Waals surface area contributed by atoms with Crippen molar-refractivity contribution in [3.05, 3.63) is 29.6 Å². The van der Waals surface area contributed by atoms with E-state index >= 15 is 0 Å². The predicted molar refractivity (Wildman–Crippen MR) is 70.4 cm³/mol. The van der Waals surface area contributed by atoms with Crippen molar-refractivity contribution in [1.29, 1.82) is 0 Å². The normalized spacial score (nSPS) is 26.1. The molecule has 17 heavy (non-hydrogen) atoms. The Hall–Kier alpha value is -0.930. The second kappa shape index (κ2) is 5.61. The SMILES string of the molecule is CC1CCCN(Cc2ccc(CN)cn2)C1C. The van der Waals surface area contributed by atoms with Gasteiger partial charge in [0.05, 0.1) is 5.69 Å². The predicted octanol–water partition coefficient (Wildman–Crippen LogP) is 2.16. The van der Waals surface area contributed by atoms with Crippen molar-refractivity contribution in [2.45, 2.75) is 45.8 Å². The Morgan fingerprint density at radius 2 is 2.24 bits per heavy atom. The van der Waals surface area contributed by atoms with Gasteiger partial charge < -0.3 is 5.73 Å². The molecule has 2 N–H and O–H groups in total. The van der Waals surface area contributed by atoms with Crippen LogP contribution in [0.5, 0.6) is 0 Å². The van der Waals surface area contributed by atoms with Gasteiger partial charge in [-0.15, -0.1) is 0 Å². The minimum atomic E-state index is 0.574. The van der Waals surface area contributed by atoms with E-state index in [0.29, 0.717) is 12.6 Å². The molecule has 3 heteroatoms. The quantitative estimate of drug-likeness (QED) is 0.870. The fourth-order valence-electron chi connectivity index (χ4n) is 2.52. The molecule has 2 rings (SSSR count). The van der Waals surface area contributed by atoms with E-state index < -0.39 is 0 Å². The van der Waals surface area contributed by atoms with Gasteiger partial charge in [0, 0.05) is 25.3 Å². The van der Waals surface area contributed by atoms with Crippen LogP contribution in [0.25, 0.3) is 0 Å². The molecular weight excluding hydrogens is 210 g/mol. The van der Waals surface area contributed by atoms with E-state index in [0.717, 1.165) is 23.7 Å². The first kappa shape index (κ1) is 12.5. The van der Waals surface area contributed by atoms with Crippen LogP contribution in [0, 0.1) is 5.92 Å². The molecular formula is C14H23N3. The summed E-state index contributed by atoms with van der Waals surface area (Å²) in [7, 11) is 0. The Morgan fingerprint density at radius 1 is 1.41 bits per heavy atom. The van der Waals surface area contributed by atoms with Crippen molar-refractivity contribution in [2.75, 3.05) is 6.54 Å². The molecule has 0 bridgehead atoms. The van der Waals surface area contributed by atoms with Crippen LogP contribution in [0.4, 0.5) is 0 Å². The molecule has 1 aromatic rings. The van der Waals surface area contributed by atoms with E-state index in [9.17, 15) is 0 Å². The Kier molecular flexibility index (Phi) is 4.13. The number of nitrogens with zero attached hydrogens (tertiary/aromatic N) is 2. The number of hydrogen-bond donors (Lipinski definition) is 1. The highest BCUT2D eigenvalue weighted by Gasteiger charge is 2.24. The molecule has 94 valence electrons. The van der Waals surface area contributed by atoms with E-state index in [1.54, 1.807) is 0 Å². The lowest BCUT2D eigenvalue weighted by molar-refractivity contribution is 0.105. The van der Waals surface area contributed by atoms with Crippen molar-refractivity contribution >= 4 is 0 Å². The van der Waals surface area contributed by atoms with E-state index in [1.165, 1.54) is 19.4 Å². The molecule has 0 aromatic carbocycles. The molecule has 0 aliphatic carbocycles. The first-order chi connectivity index (χ1) is 8.20. The molecule has 2 heterocycles. The number of piperidine rings is 1. The van der Waals surface area contributed by atoms with Crippen molar-refractivity contribution in [1.82, 2.24) is 9.88 Å². The Balaban J connectivity index is 1.99. The van der Waals surface area contributed by atoms with Gasteiger partial charge in [0.25, 0.3) is 0 Å². The summed E-state index contributed by atoms with van der Waals surface area (Å²) in [6.45, 7) is 7.42. The summed E-state index contributed by atoms with van der Waals surface area (Å²) in [6, 6.07) is 4.86. The van der Waals surface area contributed by atoms with Crippen LogP contribution >= 0.6 is 0 Å². The summed E-state index contributed by atoms with van der Waals surface area (Å²) < 4.78 is 0. The number of likely N-dealkylation sites (tertiary alicyclic amines) is 1. The van der Waals surface area contributed by atoms with E-state index in [1.807, 2.05) is 6.20 Å². The smallest absolute Gasteiger partial charge is 0.0544 e. The molecule has 3 nitrogen and oxygen atoms in total. The number of pyridine rings is 1. The summed E-state index contributed by atoms with van der Waals surface area (Å²) in [5.74, 6) is 0.798. The zero-order valence-electron chi connectivity index (χ0n) is 10.9. The van der Waals surface area contributed by atoms with Gasteiger partial charge in [-0.2, -0.15) is 0 Å². The maximum Gasteiger partial charge on any atom is 0.0544 e. The Morgan fingerprint density at radius 3 is 2.88 bits per heavy atom. The Bertz CT molecular complexity index is 347. The molecule has 0 spiro atoms. The summed E-state index contributed by atoms with van der Waals surface area (Å²) >= 11 is 0. The van der Waals surface area contributed by atoms with Crippen LogP contribution in [0.15, 0.2) is 18.3 Å². The van der Waals surface area contributed by atoms with Crippen molar-refractivity contribution < 1.29 is 0 Å². The highest BCUT2D eigenvalue weighted by atomic mass is 15.2. The number of hydrogen-bond acceptors (Lipinski definition) is 3. The van der Waals surface area contributed by atoms with Crippen LogP contribution in [0.3, 0.4) is 0 Å². The zero-order chi connectivity index (χ0) is 12.3. The first-order valence-corrected chi connectivity index (χ1v) is 6.58. The van der Waals surface area contributed by atoms with E-state index in [-0.39, 0.29) is 0 Å². The monoisotopic (exact) mass is 233 g/mol. The summed E-state index contributed by atoms with van der Waals surface area (Å²) in [6.07, 6.45) is 4.57. The van der Waals surface area contributed by atoms with Crippen molar-refractivity contribution in [3.63, 3.8) is 0 Å². The van der Waals surface area contributed by atoms with Crippen LogP contribution in [-0.4, -0.2) is 22.5 Å². The van der Waals surface area contributed by atoms with Crippen LogP contribution in [-0.2, 0) is 13.1 Å². The third kappa shape index (κ3) is 3.05. The lowest BCUT2D eigenvalue weighted by Crippen LogP contribution is -2.41. The number of nitrogens with two attached hydrogens (primary N) is 1. The average molecular weight is 233 g/mol. The van der Waals surface area contributed by atoms with Gasteiger partial charge in [-0.05, 0) is 43.9 Å². The topological polar surface area (TPSA) is 42.1 Å². The van der Waals surface area contributed by atoms with Crippen molar-refractivity contribution in [3.8, 4) is 0 Å². The maximum atomic E-state index is 5.57. The number of aromatic nitrogens is 1. The third-order valence-corrected chi connectivity index (χ3v) is 3.99. The molecule has 1 aliphatic heterocycles. The molecule has 1 saturated heterocycles. The standard InChI is InChI=1S/C14H23N3/c1-11-4-3-7-17(12(11)2)10-14-6-5-13(8-15)9-16-14/h5-6,9,11-12H,3-4,7-8,10,15H2,1-2H3. The molecule has 0 saturated carbocycles. The lowest BCUT2D eigenvalue weighted by atomic mass is 9.92. The fourth-order valence-corrected chi connectivity index (χ4v) is 2.52. The van der Waals surface area contributed by atoms with Crippen LogP contribution in [0.1, 0.15) is 37.9 Å². The molecule has 2 atom stereocenters. The maximum absolute atomic E-state index is 5.57. The molecule has 1 aromatic heterocycles. The van der Waals surface area contributed by atoms with Crippen LogP contribution in [0.2, 0.25) is 0 Å². The van der Waals surface area contributed by atoms with Crippen molar-refractivity contribution in [2.24, 2.45) is 11.7 Å². The highest BCUT2D eigenvalue weighted by molar-refractivity contribution is 5.13. The van der Waals surface area contributed by atoms with Gasteiger partial charge >= 0.3 is 0 Å². The van der Waals surface area contributed by atoms with Gasteiger partial charge in [-0.1, -0.05) is 13.0 Å². The van der Waals surface area contributed by atoms with Gasteiger partial charge in [-0.3, -0.25) is 9.88 Å². The minimum absolute atomic E-state index is 0.574. The third-order valence-electron chi connectivity index (χ3n) is 3.99.